The first-order valence-electron chi connectivity index (χ1n) is 4.14. The van der Waals surface area contributed by atoms with Gasteiger partial charge in [0, 0.05) is 11.0 Å². The number of amides is 1. The molecule has 0 aliphatic carbocycles. The zero-order valence-corrected chi connectivity index (χ0v) is 7.64. The van der Waals surface area contributed by atoms with Crippen molar-refractivity contribution in [2.24, 2.45) is 5.73 Å². The Morgan fingerprint density at radius 3 is 2.46 bits per heavy atom. The molecule has 1 aliphatic rings. The Kier molecular flexibility index (Phi) is 2.51. The molecule has 6 heteroatoms. The lowest BCUT2D eigenvalue weighted by molar-refractivity contribution is -0.519. The molecule has 0 bridgehead atoms. The van der Waals surface area contributed by atoms with Crippen molar-refractivity contribution in [2.45, 2.75) is 32.0 Å². The maximum atomic E-state index is 11.4. The third kappa shape index (κ3) is 1.62. The van der Waals surface area contributed by atoms with E-state index in [2.05, 4.69) is 0 Å². The third-order valence-corrected chi connectivity index (χ3v) is 2.26. The molecule has 0 radical (unpaired) electrons. The molecular formula is C7H13N3O3. The van der Waals surface area contributed by atoms with E-state index in [1.54, 1.807) is 0 Å². The molecule has 0 saturated carbocycles. The van der Waals surface area contributed by atoms with Gasteiger partial charge in [0.15, 0.2) is 6.04 Å². The fourth-order valence-electron chi connectivity index (χ4n) is 1.42. The van der Waals surface area contributed by atoms with Crippen molar-refractivity contribution in [1.82, 2.24) is 4.90 Å². The second-order valence-corrected chi connectivity index (χ2v) is 3.46. The lowest BCUT2D eigenvalue weighted by Crippen LogP contribution is -2.41. The van der Waals surface area contributed by atoms with Crippen LogP contribution in [0, 0.1) is 10.1 Å². The Bertz CT molecular complexity index is 241. The van der Waals surface area contributed by atoms with Gasteiger partial charge in [-0.15, -0.1) is 0 Å². The van der Waals surface area contributed by atoms with Crippen LogP contribution in [-0.2, 0) is 4.79 Å². The van der Waals surface area contributed by atoms with E-state index in [0.717, 1.165) is 0 Å². The lowest BCUT2D eigenvalue weighted by Gasteiger charge is -2.19. The van der Waals surface area contributed by atoms with Gasteiger partial charge < -0.3 is 10.6 Å². The smallest absolute Gasteiger partial charge is 0.254 e. The third-order valence-electron chi connectivity index (χ3n) is 2.26. The summed E-state index contributed by atoms with van der Waals surface area (Å²) in [6.45, 7) is 3.75. The summed E-state index contributed by atoms with van der Waals surface area (Å²) < 4.78 is 0. The minimum Gasteiger partial charge on any atom is -0.332 e. The summed E-state index contributed by atoms with van der Waals surface area (Å²) in [6.07, 6.45) is 0. The van der Waals surface area contributed by atoms with Crippen LogP contribution in [0.1, 0.15) is 13.8 Å². The topological polar surface area (TPSA) is 89.5 Å². The Hall–Kier alpha value is -1.17. The zero-order valence-electron chi connectivity index (χ0n) is 7.64. The molecule has 1 fully saturated rings. The lowest BCUT2D eigenvalue weighted by atomic mass is 10.2. The number of nitro groups is 1. The van der Waals surface area contributed by atoms with Gasteiger partial charge >= 0.3 is 0 Å². The number of likely N-dealkylation sites (tertiary alicyclic amines) is 1. The number of rotatable bonds is 2. The quantitative estimate of drug-likeness (QED) is 0.453. The minimum absolute atomic E-state index is 0.0245. The zero-order chi connectivity index (χ0) is 10.2. The van der Waals surface area contributed by atoms with E-state index in [9.17, 15) is 14.9 Å². The number of hydrogen-bond donors (Lipinski definition) is 1. The maximum Gasteiger partial charge on any atom is 0.254 e. The van der Waals surface area contributed by atoms with Crippen LogP contribution in [0.15, 0.2) is 0 Å². The van der Waals surface area contributed by atoms with E-state index in [1.165, 1.54) is 4.90 Å². The van der Waals surface area contributed by atoms with Crippen LogP contribution in [0.25, 0.3) is 0 Å². The van der Waals surface area contributed by atoms with Crippen LogP contribution in [0.2, 0.25) is 0 Å². The summed E-state index contributed by atoms with van der Waals surface area (Å²) >= 11 is 0. The molecule has 1 saturated heterocycles. The molecule has 2 N–H and O–H groups in total. The van der Waals surface area contributed by atoms with Gasteiger partial charge in [0.25, 0.3) is 6.04 Å². The van der Waals surface area contributed by atoms with E-state index in [4.69, 9.17) is 5.73 Å². The molecular weight excluding hydrogens is 174 g/mol. The van der Waals surface area contributed by atoms with Gasteiger partial charge in [-0.25, -0.2) is 0 Å². The molecule has 0 aromatic rings. The number of hydrogen-bond acceptors (Lipinski definition) is 4. The fourth-order valence-corrected chi connectivity index (χ4v) is 1.42. The number of nitrogens with two attached hydrogens (primary N) is 1. The normalized spacial score (nSPS) is 28.6. The van der Waals surface area contributed by atoms with Crippen LogP contribution in [0.4, 0.5) is 0 Å². The molecule has 2 unspecified atom stereocenters. The number of carbonyl (C=O) groups excluding carboxylic acids is 1. The van der Waals surface area contributed by atoms with Gasteiger partial charge in [-0.05, 0) is 13.8 Å². The summed E-state index contributed by atoms with van der Waals surface area (Å²) in [5.74, 6) is -0.322. The fraction of sp³-hybridized carbons (Fsp3) is 0.857. The SMILES string of the molecule is CC(C)N1CC([N+](=O)[O-])C(N)C1=O. The Morgan fingerprint density at radius 2 is 2.23 bits per heavy atom. The average molecular weight is 187 g/mol. The van der Waals surface area contributed by atoms with Crippen molar-refractivity contribution in [3.63, 3.8) is 0 Å². The van der Waals surface area contributed by atoms with Crippen LogP contribution >= 0.6 is 0 Å². The van der Waals surface area contributed by atoms with Crippen LogP contribution < -0.4 is 5.73 Å². The molecule has 0 aromatic carbocycles. The van der Waals surface area contributed by atoms with Crippen molar-refractivity contribution >= 4 is 5.91 Å². The van der Waals surface area contributed by atoms with Crippen molar-refractivity contribution < 1.29 is 9.72 Å². The summed E-state index contributed by atoms with van der Waals surface area (Å²) in [7, 11) is 0. The molecule has 1 heterocycles. The predicted octanol–water partition coefficient (Wildman–Crippen LogP) is -0.790. The Morgan fingerprint density at radius 1 is 1.69 bits per heavy atom. The Balaban J connectivity index is 2.78. The first-order chi connectivity index (χ1) is 5.95. The van der Waals surface area contributed by atoms with Gasteiger partial charge in [-0.2, -0.15) is 0 Å². The standard InChI is InChI=1S/C7H13N3O3/c1-4(2)9-3-5(10(12)13)6(8)7(9)11/h4-6H,3,8H2,1-2H3. The highest BCUT2D eigenvalue weighted by atomic mass is 16.6. The predicted molar refractivity (Wildman–Crippen MR) is 45.6 cm³/mol. The van der Waals surface area contributed by atoms with Crippen molar-refractivity contribution in [2.75, 3.05) is 6.54 Å². The second kappa shape index (κ2) is 3.29. The van der Waals surface area contributed by atoms with Crippen LogP contribution in [0.3, 0.4) is 0 Å². The first-order valence-corrected chi connectivity index (χ1v) is 4.14. The van der Waals surface area contributed by atoms with E-state index < -0.39 is 17.0 Å². The molecule has 13 heavy (non-hydrogen) atoms. The highest BCUT2D eigenvalue weighted by Crippen LogP contribution is 2.15. The highest BCUT2D eigenvalue weighted by molar-refractivity contribution is 5.85. The van der Waals surface area contributed by atoms with E-state index in [-0.39, 0.29) is 18.5 Å². The van der Waals surface area contributed by atoms with Gasteiger partial charge in [0.05, 0.1) is 6.54 Å². The molecule has 1 amide bonds. The van der Waals surface area contributed by atoms with Gasteiger partial charge in [-0.1, -0.05) is 0 Å². The number of carbonyl (C=O) groups is 1. The van der Waals surface area contributed by atoms with Gasteiger partial charge in [0.1, 0.15) is 0 Å². The average Bonchev–Trinajstić information content (AvgIpc) is 2.29. The second-order valence-electron chi connectivity index (χ2n) is 3.46. The van der Waals surface area contributed by atoms with Crippen molar-refractivity contribution in [1.29, 1.82) is 0 Å². The minimum atomic E-state index is -0.975. The maximum absolute atomic E-state index is 11.4. The summed E-state index contributed by atoms with van der Waals surface area (Å²) in [5, 5.41) is 10.5. The molecule has 0 aromatic heterocycles. The summed E-state index contributed by atoms with van der Waals surface area (Å²) in [6, 6.07) is -1.95. The van der Waals surface area contributed by atoms with Crippen LogP contribution in [-0.4, -0.2) is 40.4 Å². The monoisotopic (exact) mass is 187 g/mol. The summed E-state index contributed by atoms with van der Waals surface area (Å²) in [4.78, 5) is 22.8. The highest BCUT2D eigenvalue weighted by Gasteiger charge is 2.46. The van der Waals surface area contributed by atoms with Gasteiger partial charge in [0.2, 0.25) is 5.91 Å². The first kappa shape index (κ1) is 9.91. The molecule has 1 aliphatic heterocycles. The molecule has 1 rings (SSSR count). The summed E-state index contributed by atoms with van der Waals surface area (Å²) in [5.41, 5.74) is 5.42. The van der Waals surface area contributed by atoms with Crippen LogP contribution in [0.5, 0.6) is 0 Å². The van der Waals surface area contributed by atoms with Crippen molar-refractivity contribution in [3.05, 3.63) is 10.1 Å². The number of nitrogens with zero attached hydrogens (tertiary/aromatic N) is 2. The molecule has 2 atom stereocenters. The van der Waals surface area contributed by atoms with E-state index in [0.29, 0.717) is 0 Å². The van der Waals surface area contributed by atoms with E-state index in [1.807, 2.05) is 13.8 Å². The molecule has 6 nitrogen and oxygen atoms in total. The van der Waals surface area contributed by atoms with E-state index >= 15 is 0 Å². The van der Waals surface area contributed by atoms with Gasteiger partial charge in [-0.3, -0.25) is 14.9 Å². The molecule has 74 valence electrons. The van der Waals surface area contributed by atoms with Crippen molar-refractivity contribution in [3.8, 4) is 0 Å². The largest absolute Gasteiger partial charge is 0.332 e. The molecule has 0 spiro atoms. The Labute approximate surface area is 75.8 Å².